The zero-order valence-electron chi connectivity index (χ0n) is 20.0. The molecule has 2 saturated heterocycles. The Morgan fingerprint density at radius 3 is 2.69 bits per heavy atom. The molecule has 1 aromatic heterocycles. The molecule has 0 spiro atoms. The predicted octanol–water partition coefficient (Wildman–Crippen LogP) is 2.77. The number of fused-ring (bicyclic) bond motifs is 1. The zero-order chi connectivity index (χ0) is 24.8. The van der Waals surface area contributed by atoms with Crippen molar-refractivity contribution in [3.05, 3.63) is 59.2 Å². The summed E-state index contributed by atoms with van der Waals surface area (Å²) in [5.74, 6) is -0.221. The average molecular weight is 493 g/mol. The molecule has 6 rings (SSSR count). The van der Waals surface area contributed by atoms with Crippen LogP contribution in [0.5, 0.6) is 5.75 Å². The lowest BCUT2D eigenvalue weighted by atomic mass is 9.84. The molecule has 8 nitrogen and oxygen atoms in total. The van der Waals surface area contributed by atoms with Gasteiger partial charge in [0.2, 0.25) is 11.8 Å². The van der Waals surface area contributed by atoms with Gasteiger partial charge in [0.05, 0.1) is 6.20 Å². The number of carbonyl (C=O) groups excluding carboxylic acids is 3. The van der Waals surface area contributed by atoms with Crippen LogP contribution in [-0.2, 0) is 16.1 Å². The number of imide groups is 1. The van der Waals surface area contributed by atoms with Crippen molar-refractivity contribution in [2.75, 3.05) is 13.1 Å². The molecule has 1 saturated carbocycles. The van der Waals surface area contributed by atoms with Gasteiger partial charge in [-0.05, 0) is 61.1 Å². The van der Waals surface area contributed by atoms with Crippen molar-refractivity contribution in [1.82, 2.24) is 20.1 Å². The molecule has 0 bridgehead atoms. The van der Waals surface area contributed by atoms with E-state index in [0.717, 1.165) is 55.6 Å². The molecule has 1 aromatic carbocycles. The van der Waals surface area contributed by atoms with Crippen LogP contribution in [0.2, 0.25) is 0 Å². The highest BCUT2D eigenvalue weighted by Gasteiger charge is 2.41. The molecule has 1 aliphatic carbocycles. The van der Waals surface area contributed by atoms with E-state index in [-0.39, 0.29) is 42.1 Å². The highest BCUT2D eigenvalue weighted by Crippen LogP contribution is 2.37. The second-order valence-corrected chi connectivity index (χ2v) is 10.3. The average Bonchev–Trinajstić information content (AvgIpc) is 3.16. The van der Waals surface area contributed by atoms with E-state index < -0.39 is 11.9 Å². The van der Waals surface area contributed by atoms with Gasteiger partial charge in [0.1, 0.15) is 23.7 Å². The summed E-state index contributed by atoms with van der Waals surface area (Å²) >= 11 is 0. The lowest BCUT2D eigenvalue weighted by Crippen LogP contribution is -2.57. The third-order valence-electron chi connectivity index (χ3n) is 8.07. The Kier molecular flexibility index (Phi) is 5.95. The third-order valence-corrected chi connectivity index (χ3v) is 8.07. The number of likely N-dealkylation sites (tertiary alicyclic amines) is 1. The molecular weight excluding hydrogens is 463 g/mol. The minimum absolute atomic E-state index is 0.0309. The van der Waals surface area contributed by atoms with Crippen LogP contribution in [0.15, 0.2) is 36.7 Å². The zero-order valence-corrected chi connectivity index (χ0v) is 20.0. The number of hydrogen-bond donors (Lipinski definition) is 1. The van der Waals surface area contributed by atoms with E-state index in [1.165, 1.54) is 6.20 Å². The number of rotatable bonds is 5. The monoisotopic (exact) mass is 492 g/mol. The molecule has 1 N–H and O–H groups in total. The van der Waals surface area contributed by atoms with Gasteiger partial charge in [-0.2, -0.15) is 0 Å². The molecule has 2 aromatic rings. The normalized spacial score (nSPS) is 27.0. The topological polar surface area (TPSA) is 91.8 Å². The minimum atomic E-state index is -0.626. The van der Waals surface area contributed by atoms with Crippen molar-refractivity contribution >= 4 is 17.7 Å². The van der Waals surface area contributed by atoms with Crippen molar-refractivity contribution in [2.45, 2.75) is 69.2 Å². The molecule has 36 heavy (non-hydrogen) atoms. The van der Waals surface area contributed by atoms with Gasteiger partial charge in [-0.15, -0.1) is 0 Å². The number of ether oxygens (including phenoxy) is 1. The number of hydrogen-bond acceptors (Lipinski definition) is 6. The SMILES string of the molecule is O=C1CC[C@@H](N2Cc3cc(O[C@H]4CCCC[C@H]4N4CC(c5ccncc5F)C4)ccc3C2=O)C(=O)N1. The first-order chi connectivity index (χ1) is 17.5. The number of pyridine rings is 1. The second kappa shape index (κ2) is 9.28. The van der Waals surface area contributed by atoms with Crippen molar-refractivity contribution in [3.63, 3.8) is 0 Å². The molecule has 0 unspecified atom stereocenters. The summed E-state index contributed by atoms with van der Waals surface area (Å²) in [6.45, 7) is 1.95. The first-order valence-corrected chi connectivity index (χ1v) is 12.8. The molecule has 4 aliphatic rings. The number of benzene rings is 1. The quantitative estimate of drug-likeness (QED) is 0.646. The fourth-order valence-corrected chi connectivity index (χ4v) is 6.13. The summed E-state index contributed by atoms with van der Waals surface area (Å²) in [6, 6.07) is 6.95. The van der Waals surface area contributed by atoms with Gasteiger partial charge in [-0.1, -0.05) is 6.42 Å². The molecule has 3 atom stereocenters. The summed E-state index contributed by atoms with van der Waals surface area (Å²) in [5.41, 5.74) is 2.15. The number of amides is 3. The van der Waals surface area contributed by atoms with E-state index in [0.29, 0.717) is 18.5 Å². The van der Waals surface area contributed by atoms with E-state index in [9.17, 15) is 18.8 Å². The smallest absolute Gasteiger partial charge is 0.255 e. The van der Waals surface area contributed by atoms with Crippen LogP contribution < -0.4 is 10.1 Å². The summed E-state index contributed by atoms with van der Waals surface area (Å²) in [6.07, 6.45) is 7.79. The van der Waals surface area contributed by atoms with Gasteiger partial charge in [-0.25, -0.2) is 4.39 Å². The van der Waals surface area contributed by atoms with E-state index in [2.05, 4.69) is 15.2 Å². The highest BCUT2D eigenvalue weighted by molar-refractivity contribution is 6.05. The highest BCUT2D eigenvalue weighted by atomic mass is 19.1. The molecule has 0 radical (unpaired) electrons. The van der Waals surface area contributed by atoms with Crippen molar-refractivity contribution < 1.29 is 23.5 Å². The Morgan fingerprint density at radius 1 is 1.06 bits per heavy atom. The third kappa shape index (κ3) is 4.15. The molecule has 3 aliphatic heterocycles. The molecule has 3 amide bonds. The van der Waals surface area contributed by atoms with Crippen LogP contribution in [0.25, 0.3) is 0 Å². The van der Waals surface area contributed by atoms with Crippen molar-refractivity contribution in [1.29, 1.82) is 0 Å². The maximum Gasteiger partial charge on any atom is 0.255 e. The molecule has 188 valence electrons. The largest absolute Gasteiger partial charge is 0.489 e. The lowest BCUT2D eigenvalue weighted by Gasteiger charge is -2.48. The molecule has 4 heterocycles. The number of halogens is 1. The van der Waals surface area contributed by atoms with Crippen molar-refractivity contribution in [3.8, 4) is 5.75 Å². The fraction of sp³-hybridized carbons (Fsp3) is 0.481. The summed E-state index contributed by atoms with van der Waals surface area (Å²) in [7, 11) is 0. The van der Waals surface area contributed by atoms with Crippen LogP contribution in [0.3, 0.4) is 0 Å². The van der Waals surface area contributed by atoms with Crippen molar-refractivity contribution in [2.24, 2.45) is 0 Å². The molecule has 3 fully saturated rings. The van der Waals surface area contributed by atoms with E-state index >= 15 is 0 Å². The van der Waals surface area contributed by atoms with E-state index in [1.54, 1.807) is 23.2 Å². The molecule has 9 heteroatoms. The van der Waals surface area contributed by atoms with Crippen LogP contribution in [0, 0.1) is 5.82 Å². The summed E-state index contributed by atoms with van der Waals surface area (Å²) < 4.78 is 20.6. The number of piperidine rings is 1. The first kappa shape index (κ1) is 23.1. The number of carbonyl (C=O) groups is 3. The first-order valence-electron chi connectivity index (χ1n) is 12.8. The van der Waals surface area contributed by atoms with E-state index in [1.807, 2.05) is 12.1 Å². The Morgan fingerprint density at radius 2 is 1.89 bits per heavy atom. The standard InChI is InChI=1S/C27H29FN4O4/c28-21-12-29-10-9-19(21)17-13-31(14-17)22-3-1-2-4-24(22)36-18-5-6-20-16(11-18)15-32(27(20)35)23-7-8-25(33)30-26(23)34/h5-6,9-12,17,22-24H,1-4,7-8,13-15H2,(H,30,33,34)/t22-,23-,24+/m1/s1. The van der Waals surface area contributed by atoms with Gasteiger partial charge in [0.15, 0.2) is 0 Å². The Bertz CT molecular complexity index is 1210. The summed E-state index contributed by atoms with van der Waals surface area (Å²) in [4.78, 5) is 44.6. The predicted molar refractivity (Wildman–Crippen MR) is 128 cm³/mol. The number of nitrogens with zero attached hydrogens (tertiary/aromatic N) is 3. The van der Waals surface area contributed by atoms with Crippen LogP contribution in [0.4, 0.5) is 4.39 Å². The minimum Gasteiger partial charge on any atom is -0.489 e. The van der Waals surface area contributed by atoms with Crippen LogP contribution in [-0.4, -0.2) is 63.8 Å². The van der Waals surface area contributed by atoms with Gasteiger partial charge >= 0.3 is 0 Å². The maximum absolute atomic E-state index is 14.1. The summed E-state index contributed by atoms with van der Waals surface area (Å²) in [5, 5.41) is 2.34. The molecular formula is C27H29FN4O4. The van der Waals surface area contributed by atoms with Crippen LogP contribution in [0.1, 0.15) is 65.9 Å². The Hall–Kier alpha value is -3.33. The maximum atomic E-state index is 14.1. The number of aromatic nitrogens is 1. The van der Waals surface area contributed by atoms with E-state index in [4.69, 9.17) is 4.74 Å². The second-order valence-electron chi connectivity index (χ2n) is 10.3. The van der Waals surface area contributed by atoms with Gasteiger partial charge in [0, 0.05) is 49.8 Å². The van der Waals surface area contributed by atoms with Gasteiger partial charge < -0.3 is 9.64 Å². The lowest BCUT2D eigenvalue weighted by molar-refractivity contribution is -0.136. The fourth-order valence-electron chi connectivity index (χ4n) is 6.13. The Labute approximate surface area is 208 Å². The van der Waals surface area contributed by atoms with Gasteiger partial charge in [0.25, 0.3) is 5.91 Å². The Balaban J connectivity index is 1.12. The number of nitrogens with one attached hydrogen (secondary N) is 1. The van der Waals surface area contributed by atoms with Gasteiger partial charge in [-0.3, -0.25) is 29.6 Å². The van der Waals surface area contributed by atoms with Crippen LogP contribution >= 0.6 is 0 Å².